The third kappa shape index (κ3) is 3.81. The Bertz CT molecular complexity index is 588. The van der Waals surface area contributed by atoms with Gasteiger partial charge in [-0.2, -0.15) is 0 Å². The van der Waals surface area contributed by atoms with Gasteiger partial charge in [0.15, 0.2) is 0 Å². The molecule has 2 N–H and O–H groups in total. The fourth-order valence-corrected chi connectivity index (χ4v) is 1.97. The van der Waals surface area contributed by atoms with Crippen LogP contribution in [0.1, 0.15) is 25.5 Å². The van der Waals surface area contributed by atoms with Crippen molar-refractivity contribution < 1.29 is 14.7 Å². The second-order valence-corrected chi connectivity index (χ2v) is 4.78. The Hall–Kier alpha value is -2.37. The lowest BCUT2D eigenvalue weighted by molar-refractivity contribution is -0.137. The molecule has 0 spiro atoms. The van der Waals surface area contributed by atoms with Crippen LogP contribution in [0.3, 0.4) is 0 Å². The summed E-state index contributed by atoms with van der Waals surface area (Å²) >= 11 is 0. The second kappa shape index (κ2) is 6.18. The number of aromatic nitrogens is 2. The van der Waals surface area contributed by atoms with Crippen molar-refractivity contribution in [1.82, 2.24) is 14.7 Å². The van der Waals surface area contributed by atoms with Gasteiger partial charge in [-0.1, -0.05) is 6.07 Å². The number of aliphatic carboxylic acids is 1. The van der Waals surface area contributed by atoms with E-state index in [0.717, 1.165) is 5.65 Å². The van der Waals surface area contributed by atoms with Crippen LogP contribution in [0.15, 0.2) is 30.6 Å². The summed E-state index contributed by atoms with van der Waals surface area (Å²) in [4.78, 5) is 26.6. The summed E-state index contributed by atoms with van der Waals surface area (Å²) in [6, 6.07) is 5.50. The van der Waals surface area contributed by atoms with Crippen LogP contribution in [0, 0.1) is 0 Å². The van der Waals surface area contributed by atoms with E-state index < -0.39 is 5.97 Å². The van der Waals surface area contributed by atoms with E-state index in [1.807, 2.05) is 35.0 Å². The summed E-state index contributed by atoms with van der Waals surface area (Å²) in [5, 5.41) is 11.4. The van der Waals surface area contributed by atoms with E-state index in [-0.39, 0.29) is 24.8 Å². The molecular weight excluding hydrogens is 258 g/mol. The molecule has 20 heavy (non-hydrogen) atoms. The number of pyridine rings is 1. The summed E-state index contributed by atoms with van der Waals surface area (Å²) < 4.78 is 1.86. The fourth-order valence-electron chi connectivity index (χ4n) is 1.97. The van der Waals surface area contributed by atoms with Crippen LogP contribution in [-0.4, -0.2) is 32.4 Å². The zero-order valence-corrected chi connectivity index (χ0v) is 11.2. The Kier molecular flexibility index (Phi) is 4.34. The number of nitrogens with zero attached hydrogens (tertiary/aromatic N) is 2. The highest BCUT2D eigenvalue weighted by Gasteiger charge is 2.11. The van der Waals surface area contributed by atoms with E-state index >= 15 is 0 Å². The number of amides is 1. The van der Waals surface area contributed by atoms with E-state index in [4.69, 9.17) is 5.11 Å². The number of carbonyl (C=O) groups is 2. The standard InChI is InChI=1S/C14H17N3O3/c1-10(5-6-14(19)20)15-13(18)8-11-9-17-7-3-2-4-12(17)16-11/h2-4,7,9-10H,5-6,8H2,1H3,(H,15,18)(H,19,20). The molecule has 1 atom stereocenters. The number of rotatable bonds is 6. The van der Waals surface area contributed by atoms with Crippen LogP contribution in [0.4, 0.5) is 0 Å². The molecule has 0 aliphatic heterocycles. The van der Waals surface area contributed by atoms with E-state index in [1.54, 1.807) is 6.92 Å². The molecule has 1 amide bonds. The predicted molar refractivity (Wildman–Crippen MR) is 73.4 cm³/mol. The smallest absolute Gasteiger partial charge is 0.303 e. The van der Waals surface area contributed by atoms with Crippen LogP contribution >= 0.6 is 0 Å². The molecule has 6 nitrogen and oxygen atoms in total. The summed E-state index contributed by atoms with van der Waals surface area (Å²) in [5.41, 5.74) is 1.49. The molecular formula is C14H17N3O3. The SMILES string of the molecule is CC(CCC(=O)O)NC(=O)Cc1cn2ccccc2n1. The summed E-state index contributed by atoms with van der Waals surface area (Å²) in [6.45, 7) is 1.80. The number of imidazole rings is 1. The molecule has 2 rings (SSSR count). The first-order valence-electron chi connectivity index (χ1n) is 6.48. The molecule has 0 fully saturated rings. The Balaban J connectivity index is 1.89. The maximum absolute atomic E-state index is 11.8. The number of nitrogens with one attached hydrogen (secondary N) is 1. The number of carbonyl (C=O) groups excluding carboxylic acids is 1. The van der Waals surface area contributed by atoms with Crippen LogP contribution in [0.5, 0.6) is 0 Å². The highest BCUT2D eigenvalue weighted by atomic mass is 16.4. The van der Waals surface area contributed by atoms with Gasteiger partial charge in [0, 0.05) is 24.9 Å². The largest absolute Gasteiger partial charge is 0.481 e. The molecule has 0 saturated carbocycles. The zero-order chi connectivity index (χ0) is 14.5. The normalized spacial score (nSPS) is 12.2. The molecule has 1 unspecified atom stereocenters. The lowest BCUT2D eigenvalue weighted by atomic mass is 10.2. The van der Waals surface area contributed by atoms with Crippen molar-refractivity contribution in [2.75, 3.05) is 0 Å². The summed E-state index contributed by atoms with van der Waals surface area (Å²) in [7, 11) is 0. The van der Waals surface area contributed by atoms with Gasteiger partial charge >= 0.3 is 5.97 Å². The number of fused-ring (bicyclic) bond motifs is 1. The summed E-state index contributed by atoms with van der Waals surface area (Å²) in [5.74, 6) is -1.00. The molecule has 0 bridgehead atoms. The average Bonchev–Trinajstić information content (AvgIpc) is 2.78. The van der Waals surface area contributed by atoms with E-state index in [0.29, 0.717) is 12.1 Å². The molecule has 0 aliphatic carbocycles. The van der Waals surface area contributed by atoms with Gasteiger partial charge in [0.25, 0.3) is 0 Å². The van der Waals surface area contributed by atoms with Gasteiger partial charge in [-0.25, -0.2) is 4.98 Å². The highest BCUT2D eigenvalue weighted by molar-refractivity contribution is 5.78. The van der Waals surface area contributed by atoms with Crippen LogP contribution in [-0.2, 0) is 16.0 Å². The van der Waals surface area contributed by atoms with Crippen molar-refractivity contribution in [3.8, 4) is 0 Å². The second-order valence-electron chi connectivity index (χ2n) is 4.78. The van der Waals surface area contributed by atoms with Crippen molar-refractivity contribution >= 4 is 17.5 Å². The quantitative estimate of drug-likeness (QED) is 0.831. The summed E-state index contributed by atoms with van der Waals surface area (Å²) in [6.07, 6.45) is 4.36. The van der Waals surface area contributed by atoms with E-state index in [1.165, 1.54) is 0 Å². The lowest BCUT2D eigenvalue weighted by Gasteiger charge is -2.11. The lowest BCUT2D eigenvalue weighted by Crippen LogP contribution is -2.34. The number of carboxylic acids is 1. The van der Waals surface area contributed by atoms with Gasteiger partial charge in [-0.15, -0.1) is 0 Å². The first kappa shape index (κ1) is 14.0. The Morgan fingerprint density at radius 1 is 1.45 bits per heavy atom. The first-order chi connectivity index (χ1) is 9.54. The molecule has 2 aromatic heterocycles. The monoisotopic (exact) mass is 275 g/mol. The first-order valence-corrected chi connectivity index (χ1v) is 6.48. The molecule has 0 radical (unpaired) electrons. The molecule has 0 aromatic carbocycles. The fraction of sp³-hybridized carbons (Fsp3) is 0.357. The predicted octanol–water partition coefficient (Wildman–Crippen LogP) is 1.25. The molecule has 0 aliphatic rings. The van der Waals surface area contributed by atoms with Gasteiger partial charge in [0.05, 0.1) is 12.1 Å². The van der Waals surface area contributed by atoms with E-state index in [2.05, 4.69) is 10.3 Å². The van der Waals surface area contributed by atoms with Gasteiger partial charge in [-0.05, 0) is 25.5 Å². The van der Waals surface area contributed by atoms with Gasteiger partial charge in [0.2, 0.25) is 5.91 Å². The minimum atomic E-state index is -0.855. The average molecular weight is 275 g/mol. The number of hydrogen-bond donors (Lipinski definition) is 2. The third-order valence-electron chi connectivity index (χ3n) is 2.95. The Labute approximate surface area is 116 Å². The van der Waals surface area contributed by atoms with Gasteiger partial charge in [0.1, 0.15) is 5.65 Å². The van der Waals surface area contributed by atoms with Crippen molar-refractivity contribution in [3.63, 3.8) is 0 Å². The van der Waals surface area contributed by atoms with Crippen molar-refractivity contribution in [2.24, 2.45) is 0 Å². The minimum Gasteiger partial charge on any atom is -0.481 e. The minimum absolute atomic E-state index is 0.0514. The maximum Gasteiger partial charge on any atom is 0.303 e. The molecule has 2 aromatic rings. The maximum atomic E-state index is 11.8. The van der Waals surface area contributed by atoms with Gasteiger partial charge < -0.3 is 14.8 Å². The Morgan fingerprint density at radius 3 is 2.95 bits per heavy atom. The molecule has 6 heteroatoms. The van der Waals surface area contributed by atoms with Crippen LogP contribution in [0.25, 0.3) is 5.65 Å². The number of hydrogen-bond acceptors (Lipinski definition) is 3. The highest BCUT2D eigenvalue weighted by Crippen LogP contribution is 2.05. The Morgan fingerprint density at radius 2 is 2.25 bits per heavy atom. The van der Waals surface area contributed by atoms with Crippen molar-refractivity contribution in [1.29, 1.82) is 0 Å². The van der Waals surface area contributed by atoms with Crippen molar-refractivity contribution in [3.05, 3.63) is 36.3 Å². The van der Waals surface area contributed by atoms with Crippen molar-refractivity contribution in [2.45, 2.75) is 32.2 Å². The molecule has 2 heterocycles. The molecule has 0 saturated heterocycles. The zero-order valence-electron chi connectivity index (χ0n) is 11.2. The van der Waals surface area contributed by atoms with Crippen LogP contribution in [0.2, 0.25) is 0 Å². The third-order valence-corrected chi connectivity index (χ3v) is 2.95. The topological polar surface area (TPSA) is 83.7 Å². The van der Waals surface area contributed by atoms with Gasteiger partial charge in [-0.3, -0.25) is 9.59 Å². The van der Waals surface area contributed by atoms with E-state index in [9.17, 15) is 9.59 Å². The van der Waals surface area contributed by atoms with Crippen LogP contribution < -0.4 is 5.32 Å². The number of carboxylic acid groups (broad SMARTS) is 1. The molecule has 106 valence electrons.